The zero-order chi connectivity index (χ0) is 14.8. The molecule has 1 amide bonds. The van der Waals surface area contributed by atoms with E-state index >= 15 is 0 Å². The van der Waals surface area contributed by atoms with Crippen LogP contribution >= 0.6 is 11.3 Å². The van der Waals surface area contributed by atoms with Crippen LogP contribution < -0.4 is 5.32 Å². The average molecular weight is 294 g/mol. The van der Waals surface area contributed by atoms with Gasteiger partial charge in [0.25, 0.3) is 0 Å². The number of thiophene rings is 1. The molecule has 4 nitrogen and oxygen atoms in total. The van der Waals surface area contributed by atoms with Crippen molar-refractivity contribution in [3.63, 3.8) is 0 Å². The minimum absolute atomic E-state index is 0.0398. The van der Waals surface area contributed by atoms with Gasteiger partial charge in [0.05, 0.1) is 13.2 Å². The maximum absolute atomic E-state index is 11.5. The Bertz CT molecular complexity index is 474. The van der Waals surface area contributed by atoms with E-state index in [-0.39, 0.29) is 12.5 Å². The van der Waals surface area contributed by atoms with Crippen molar-refractivity contribution in [2.45, 2.75) is 26.3 Å². The van der Waals surface area contributed by atoms with E-state index in [2.05, 4.69) is 35.0 Å². The smallest absolute Gasteiger partial charge is 0.233 e. The summed E-state index contributed by atoms with van der Waals surface area (Å²) in [5, 5.41) is 13.4. The highest BCUT2D eigenvalue weighted by atomic mass is 32.1. The zero-order valence-corrected chi connectivity index (χ0v) is 12.9. The second-order valence-corrected chi connectivity index (χ2v) is 5.46. The molecule has 0 spiro atoms. The van der Waals surface area contributed by atoms with Crippen molar-refractivity contribution in [3.8, 4) is 11.8 Å². The van der Waals surface area contributed by atoms with Crippen LogP contribution in [0.15, 0.2) is 11.4 Å². The summed E-state index contributed by atoms with van der Waals surface area (Å²) in [7, 11) is 1.66. The number of rotatable bonds is 7. The van der Waals surface area contributed by atoms with Gasteiger partial charge in [-0.05, 0) is 19.0 Å². The van der Waals surface area contributed by atoms with Crippen molar-refractivity contribution in [3.05, 3.63) is 21.9 Å². The highest BCUT2D eigenvalue weighted by Gasteiger charge is 2.10. The van der Waals surface area contributed by atoms with Gasteiger partial charge in [-0.25, -0.2) is 0 Å². The van der Waals surface area contributed by atoms with Crippen molar-refractivity contribution >= 4 is 17.2 Å². The van der Waals surface area contributed by atoms with E-state index in [1.807, 2.05) is 5.38 Å². The maximum Gasteiger partial charge on any atom is 0.233 e. The number of likely N-dealkylation sites (N-methyl/N-ethyl adjacent to an activating group) is 1. The van der Waals surface area contributed by atoms with Gasteiger partial charge in [0, 0.05) is 35.8 Å². The molecule has 0 aliphatic rings. The third kappa shape index (κ3) is 6.20. The third-order valence-electron chi connectivity index (χ3n) is 2.69. The van der Waals surface area contributed by atoms with Crippen LogP contribution in [-0.4, -0.2) is 42.7 Å². The molecule has 2 N–H and O–H groups in total. The van der Waals surface area contributed by atoms with Gasteiger partial charge in [0.2, 0.25) is 5.91 Å². The molecule has 0 aliphatic heterocycles. The van der Waals surface area contributed by atoms with E-state index in [0.717, 1.165) is 25.1 Å². The Morgan fingerprint density at radius 3 is 3.00 bits per heavy atom. The van der Waals surface area contributed by atoms with Crippen LogP contribution in [0.25, 0.3) is 0 Å². The standard InChI is InChI=1S/C15H22N2O2S/c1-3-7-17(11-15(19)16-2)10-14-9-13(12-20-14)6-4-5-8-18/h9,12,18H,3,5,7-8,10-11H2,1-2H3,(H,16,19). The number of hydrogen-bond acceptors (Lipinski definition) is 4. The van der Waals surface area contributed by atoms with Gasteiger partial charge in [-0.2, -0.15) is 0 Å². The van der Waals surface area contributed by atoms with Crippen molar-refractivity contribution in [1.29, 1.82) is 0 Å². The van der Waals surface area contributed by atoms with Crippen molar-refractivity contribution < 1.29 is 9.90 Å². The molecule has 0 fully saturated rings. The van der Waals surface area contributed by atoms with Gasteiger partial charge in [-0.15, -0.1) is 11.3 Å². The molecule has 110 valence electrons. The first kappa shape index (κ1) is 16.7. The lowest BCUT2D eigenvalue weighted by Crippen LogP contribution is -2.35. The highest BCUT2D eigenvalue weighted by Crippen LogP contribution is 2.16. The number of carbonyl (C=O) groups excluding carboxylic acids is 1. The minimum Gasteiger partial charge on any atom is -0.395 e. The summed E-state index contributed by atoms with van der Waals surface area (Å²) in [5.74, 6) is 5.98. The molecular weight excluding hydrogens is 272 g/mol. The van der Waals surface area contributed by atoms with Crippen LogP contribution in [0.1, 0.15) is 30.2 Å². The Hall–Kier alpha value is -1.35. The lowest BCUT2D eigenvalue weighted by atomic mass is 10.3. The van der Waals surface area contributed by atoms with Gasteiger partial charge >= 0.3 is 0 Å². The number of nitrogens with one attached hydrogen (secondary N) is 1. The Balaban J connectivity index is 2.60. The largest absolute Gasteiger partial charge is 0.395 e. The van der Waals surface area contributed by atoms with E-state index in [4.69, 9.17) is 5.11 Å². The van der Waals surface area contributed by atoms with E-state index in [1.165, 1.54) is 4.88 Å². The molecule has 1 heterocycles. The second-order valence-electron chi connectivity index (χ2n) is 4.46. The molecule has 0 unspecified atom stereocenters. The first-order chi connectivity index (χ1) is 9.69. The first-order valence-corrected chi connectivity index (χ1v) is 7.67. The molecule has 0 aromatic carbocycles. The van der Waals surface area contributed by atoms with Crippen molar-refractivity contribution in [1.82, 2.24) is 10.2 Å². The summed E-state index contributed by atoms with van der Waals surface area (Å²) < 4.78 is 0. The molecule has 1 aromatic heterocycles. The first-order valence-electron chi connectivity index (χ1n) is 6.79. The van der Waals surface area contributed by atoms with E-state index < -0.39 is 0 Å². The quantitative estimate of drug-likeness (QED) is 0.748. The normalized spacial score (nSPS) is 10.2. The molecule has 1 rings (SSSR count). The number of aliphatic hydroxyl groups is 1. The Morgan fingerprint density at radius 1 is 1.55 bits per heavy atom. The summed E-state index contributed by atoms with van der Waals surface area (Å²) in [6.45, 7) is 4.30. The second kappa shape index (κ2) is 9.54. The molecule has 0 bridgehead atoms. The summed E-state index contributed by atoms with van der Waals surface area (Å²) >= 11 is 1.66. The van der Waals surface area contributed by atoms with Crippen molar-refractivity contribution in [2.75, 3.05) is 26.7 Å². The molecular formula is C15H22N2O2S. The summed E-state index contributed by atoms with van der Waals surface area (Å²) in [4.78, 5) is 14.8. The van der Waals surface area contributed by atoms with Crippen LogP contribution in [0.5, 0.6) is 0 Å². The molecule has 0 saturated heterocycles. The lowest BCUT2D eigenvalue weighted by Gasteiger charge is -2.19. The van der Waals surface area contributed by atoms with Crippen LogP contribution in [0.2, 0.25) is 0 Å². The molecule has 20 heavy (non-hydrogen) atoms. The van der Waals surface area contributed by atoms with E-state index in [0.29, 0.717) is 13.0 Å². The molecule has 1 aromatic rings. The van der Waals surface area contributed by atoms with Gasteiger partial charge in [0.15, 0.2) is 0 Å². The predicted molar refractivity (Wildman–Crippen MR) is 82.5 cm³/mol. The van der Waals surface area contributed by atoms with E-state index in [9.17, 15) is 4.79 Å². The maximum atomic E-state index is 11.5. The summed E-state index contributed by atoms with van der Waals surface area (Å²) in [6.07, 6.45) is 1.52. The number of aliphatic hydroxyl groups excluding tert-OH is 1. The van der Waals surface area contributed by atoms with Gasteiger partial charge in [0.1, 0.15) is 0 Å². The highest BCUT2D eigenvalue weighted by molar-refractivity contribution is 7.10. The van der Waals surface area contributed by atoms with Crippen LogP contribution in [0.3, 0.4) is 0 Å². The number of nitrogens with zero attached hydrogens (tertiary/aromatic N) is 1. The molecule has 5 heteroatoms. The van der Waals surface area contributed by atoms with Crippen LogP contribution in [0, 0.1) is 11.8 Å². The summed E-state index contributed by atoms with van der Waals surface area (Å²) in [6, 6.07) is 2.06. The van der Waals surface area contributed by atoms with Crippen molar-refractivity contribution in [2.24, 2.45) is 0 Å². The Kier molecular flexibility index (Phi) is 7.97. The third-order valence-corrected chi connectivity index (χ3v) is 3.61. The van der Waals surface area contributed by atoms with Crippen LogP contribution in [0.4, 0.5) is 0 Å². The Labute approximate surface area is 124 Å². The van der Waals surface area contributed by atoms with Gasteiger partial charge < -0.3 is 10.4 Å². The lowest BCUT2D eigenvalue weighted by molar-refractivity contribution is -0.121. The zero-order valence-electron chi connectivity index (χ0n) is 12.1. The fourth-order valence-corrected chi connectivity index (χ4v) is 2.64. The average Bonchev–Trinajstić information content (AvgIpc) is 2.86. The van der Waals surface area contributed by atoms with Gasteiger partial charge in [-0.1, -0.05) is 18.8 Å². The SMILES string of the molecule is CCCN(CC(=O)NC)Cc1cc(C#CCCO)cs1. The number of hydrogen-bond donors (Lipinski definition) is 2. The number of carbonyl (C=O) groups is 1. The number of amides is 1. The summed E-state index contributed by atoms with van der Waals surface area (Å²) in [5.41, 5.74) is 0.981. The fourth-order valence-electron chi connectivity index (χ4n) is 1.78. The molecule has 0 radical (unpaired) electrons. The Morgan fingerprint density at radius 2 is 2.35 bits per heavy atom. The van der Waals surface area contributed by atoms with Crippen LogP contribution in [-0.2, 0) is 11.3 Å². The predicted octanol–water partition coefficient (Wildman–Crippen LogP) is 1.44. The van der Waals surface area contributed by atoms with E-state index in [1.54, 1.807) is 18.4 Å². The molecule has 0 aliphatic carbocycles. The molecule has 0 atom stereocenters. The fraction of sp³-hybridized carbons (Fsp3) is 0.533. The monoisotopic (exact) mass is 294 g/mol. The molecule has 0 saturated carbocycles. The topological polar surface area (TPSA) is 52.6 Å². The van der Waals surface area contributed by atoms with Gasteiger partial charge in [-0.3, -0.25) is 9.69 Å². The minimum atomic E-state index is 0.0398.